The van der Waals surface area contributed by atoms with Crippen molar-refractivity contribution in [2.45, 2.75) is 43.5 Å². The molecule has 0 atom stereocenters. The topological polar surface area (TPSA) is 55.6 Å². The minimum atomic E-state index is 0.862. The smallest absolute Gasteiger partial charge is 0.133 e. The number of aryl methyl sites for hydroxylation is 2. The van der Waals surface area contributed by atoms with Gasteiger partial charge in [0.05, 0.1) is 11.1 Å². The summed E-state index contributed by atoms with van der Waals surface area (Å²) in [7, 11) is 1.92. The Morgan fingerprint density at radius 1 is 1.30 bits per heavy atom. The summed E-state index contributed by atoms with van der Waals surface area (Å²) in [6.45, 7) is 7.14. The van der Waals surface area contributed by atoms with Crippen LogP contribution >= 0.6 is 11.8 Å². The zero-order valence-electron chi connectivity index (χ0n) is 12.5. The summed E-state index contributed by atoms with van der Waals surface area (Å²) in [5.41, 5.74) is 1.10. The second-order valence-corrected chi connectivity index (χ2v) is 5.71. The number of aromatic nitrogens is 4. The van der Waals surface area contributed by atoms with Gasteiger partial charge in [0, 0.05) is 31.8 Å². The average Bonchev–Trinajstić information content (AvgIpc) is 2.81. The first-order valence-corrected chi connectivity index (χ1v) is 7.73. The highest BCUT2D eigenvalue weighted by atomic mass is 32.2. The first-order chi connectivity index (χ1) is 9.63. The SMILES string of the molecule is CCCc1nc(NCC)c(C)c(Sc2cnn(C)c2)n1. The van der Waals surface area contributed by atoms with Crippen molar-refractivity contribution in [3.63, 3.8) is 0 Å². The molecule has 0 aromatic carbocycles. The van der Waals surface area contributed by atoms with Crippen LogP contribution in [0.5, 0.6) is 0 Å². The molecule has 0 radical (unpaired) electrons. The number of hydrogen-bond acceptors (Lipinski definition) is 5. The highest BCUT2D eigenvalue weighted by Crippen LogP contribution is 2.31. The maximum atomic E-state index is 4.68. The van der Waals surface area contributed by atoms with E-state index in [9.17, 15) is 0 Å². The van der Waals surface area contributed by atoms with Gasteiger partial charge in [-0.15, -0.1) is 0 Å². The van der Waals surface area contributed by atoms with Crippen LogP contribution in [0.4, 0.5) is 5.82 Å². The fourth-order valence-electron chi connectivity index (χ4n) is 1.88. The third-order valence-corrected chi connectivity index (χ3v) is 3.90. The van der Waals surface area contributed by atoms with Gasteiger partial charge >= 0.3 is 0 Å². The molecule has 0 fully saturated rings. The van der Waals surface area contributed by atoms with E-state index in [4.69, 9.17) is 0 Å². The molecular formula is C14H21N5S. The zero-order valence-corrected chi connectivity index (χ0v) is 13.3. The van der Waals surface area contributed by atoms with Crippen molar-refractivity contribution in [1.82, 2.24) is 19.7 Å². The van der Waals surface area contributed by atoms with Crippen LogP contribution in [0.1, 0.15) is 31.7 Å². The fraction of sp³-hybridized carbons (Fsp3) is 0.500. The molecule has 2 aromatic heterocycles. The summed E-state index contributed by atoms with van der Waals surface area (Å²) in [5, 5.41) is 8.52. The molecule has 0 amide bonds. The van der Waals surface area contributed by atoms with E-state index in [-0.39, 0.29) is 0 Å². The van der Waals surface area contributed by atoms with E-state index < -0.39 is 0 Å². The third-order valence-electron chi connectivity index (χ3n) is 2.86. The van der Waals surface area contributed by atoms with Gasteiger partial charge in [-0.1, -0.05) is 18.7 Å². The van der Waals surface area contributed by atoms with Gasteiger partial charge in [-0.05, 0) is 20.3 Å². The zero-order chi connectivity index (χ0) is 14.5. The van der Waals surface area contributed by atoms with Gasteiger partial charge in [-0.2, -0.15) is 5.10 Å². The fourth-order valence-corrected chi connectivity index (χ4v) is 2.81. The molecule has 0 saturated carbocycles. The van der Waals surface area contributed by atoms with Crippen LogP contribution in [-0.4, -0.2) is 26.3 Å². The summed E-state index contributed by atoms with van der Waals surface area (Å²) in [5.74, 6) is 1.85. The van der Waals surface area contributed by atoms with Crippen LogP contribution in [-0.2, 0) is 13.5 Å². The molecular weight excluding hydrogens is 270 g/mol. The third kappa shape index (κ3) is 3.50. The van der Waals surface area contributed by atoms with E-state index in [0.29, 0.717) is 0 Å². The second-order valence-electron chi connectivity index (χ2n) is 4.65. The van der Waals surface area contributed by atoms with Gasteiger partial charge in [0.25, 0.3) is 0 Å². The van der Waals surface area contributed by atoms with E-state index >= 15 is 0 Å². The van der Waals surface area contributed by atoms with Crippen molar-refractivity contribution >= 4 is 17.6 Å². The summed E-state index contributed by atoms with van der Waals surface area (Å²) in [6, 6.07) is 0. The quantitative estimate of drug-likeness (QED) is 0.829. The van der Waals surface area contributed by atoms with E-state index in [1.807, 2.05) is 19.4 Å². The first kappa shape index (κ1) is 14.8. The van der Waals surface area contributed by atoms with Gasteiger partial charge in [-0.3, -0.25) is 4.68 Å². The second kappa shape index (κ2) is 6.74. The summed E-state index contributed by atoms with van der Waals surface area (Å²) in [6.07, 6.45) is 5.81. The van der Waals surface area contributed by atoms with E-state index in [1.54, 1.807) is 16.4 Å². The number of anilines is 1. The van der Waals surface area contributed by atoms with Crippen LogP contribution in [0.2, 0.25) is 0 Å². The van der Waals surface area contributed by atoms with Crippen molar-refractivity contribution in [3.8, 4) is 0 Å². The minimum absolute atomic E-state index is 0.862. The van der Waals surface area contributed by atoms with Gasteiger partial charge in [0.15, 0.2) is 0 Å². The lowest BCUT2D eigenvalue weighted by Gasteiger charge is -2.12. The number of nitrogens with zero attached hydrogens (tertiary/aromatic N) is 4. The highest BCUT2D eigenvalue weighted by Gasteiger charge is 2.12. The van der Waals surface area contributed by atoms with E-state index in [1.165, 1.54) is 0 Å². The van der Waals surface area contributed by atoms with Crippen molar-refractivity contribution in [3.05, 3.63) is 23.8 Å². The molecule has 0 unspecified atom stereocenters. The lowest BCUT2D eigenvalue weighted by atomic mass is 10.3. The van der Waals surface area contributed by atoms with Crippen molar-refractivity contribution in [2.75, 3.05) is 11.9 Å². The lowest BCUT2D eigenvalue weighted by molar-refractivity contribution is 0.766. The van der Waals surface area contributed by atoms with Crippen molar-refractivity contribution < 1.29 is 0 Å². The highest BCUT2D eigenvalue weighted by molar-refractivity contribution is 7.99. The molecule has 20 heavy (non-hydrogen) atoms. The lowest BCUT2D eigenvalue weighted by Crippen LogP contribution is -2.07. The first-order valence-electron chi connectivity index (χ1n) is 6.91. The van der Waals surface area contributed by atoms with Crippen LogP contribution in [0.25, 0.3) is 0 Å². The Kier molecular flexibility index (Phi) is 5.00. The van der Waals surface area contributed by atoms with Gasteiger partial charge in [0.1, 0.15) is 16.7 Å². The Balaban J connectivity index is 2.33. The van der Waals surface area contributed by atoms with E-state index in [0.717, 1.165) is 46.5 Å². The maximum absolute atomic E-state index is 4.68. The van der Waals surface area contributed by atoms with Gasteiger partial charge < -0.3 is 5.32 Å². The number of nitrogens with one attached hydrogen (secondary N) is 1. The van der Waals surface area contributed by atoms with Crippen LogP contribution in [0, 0.1) is 6.92 Å². The largest absolute Gasteiger partial charge is 0.370 e. The number of rotatable bonds is 6. The predicted molar refractivity (Wildman–Crippen MR) is 82.3 cm³/mol. The molecule has 0 spiro atoms. The molecule has 1 N–H and O–H groups in total. The Bertz CT molecular complexity index is 579. The Labute approximate surface area is 124 Å². The molecule has 6 heteroatoms. The molecule has 0 aliphatic rings. The van der Waals surface area contributed by atoms with E-state index in [2.05, 4.69) is 41.2 Å². The van der Waals surface area contributed by atoms with Crippen LogP contribution in [0.15, 0.2) is 22.3 Å². The summed E-state index contributed by atoms with van der Waals surface area (Å²) in [4.78, 5) is 10.4. The molecule has 5 nitrogen and oxygen atoms in total. The molecule has 108 valence electrons. The van der Waals surface area contributed by atoms with Crippen LogP contribution in [0.3, 0.4) is 0 Å². The maximum Gasteiger partial charge on any atom is 0.133 e. The Hall–Kier alpha value is -1.56. The summed E-state index contributed by atoms with van der Waals surface area (Å²) >= 11 is 1.64. The Morgan fingerprint density at radius 2 is 2.10 bits per heavy atom. The molecule has 2 aromatic rings. The monoisotopic (exact) mass is 291 g/mol. The molecule has 0 aliphatic heterocycles. The van der Waals surface area contributed by atoms with Gasteiger partial charge in [-0.25, -0.2) is 9.97 Å². The minimum Gasteiger partial charge on any atom is -0.370 e. The molecule has 2 rings (SSSR count). The normalized spacial score (nSPS) is 10.8. The molecule has 0 bridgehead atoms. The molecule has 2 heterocycles. The number of hydrogen-bond donors (Lipinski definition) is 1. The molecule has 0 saturated heterocycles. The standard InChI is InChI=1S/C14H21N5S/c1-5-7-12-17-13(15-6-2)10(3)14(18-12)20-11-8-16-19(4)9-11/h8-9H,5-7H2,1-4H3,(H,15,17,18). The predicted octanol–water partition coefficient (Wildman–Crippen LogP) is 3.05. The average molecular weight is 291 g/mol. The van der Waals surface area contributed by atoms with Gasteiger partial charge in [0.2, 0.25) is 0 Å². The van der Waals surface area contributed by atoms with Crippen molar-refractivity contribution in [1.29, 1.82) is 0 Å². The summed E-state index contributed by atoms with van der Waals surface area (Å²) < 4.78 is 1.80. The van der Waals surface area contributed by atoms with Crippen LogP contribution < -0.4 is 5.32 Å². The molecule has 0 aliphatic carbocycles. The Morgan fingerprint density at radius 3 is 2.70 bits per heavy atom. The van der Waals surface area contributed by atoms with Crippen molar-refractivity contribution in [2.24, 2.45) is 7.05 Å².